The van der Waals surface area contributed by atoms with Crippen molar-refractivity contribution in [2.75, 3.05) is 4.72 Å². The molecule has 0 aliphatic rings. The molecule has 0 spiro atoms. The van der Waals surface area contributed by atoms with E-state index in [2.05, 4.69) is 14.7 Å². The summed E-state index contributed by atoms with van der Waals surface area (Å²) < 4.78 is 57.4. The van der Waals surface area contributed by atoms with Crippen LogP contribution in [-0.2, 0) is 10.0 Å². The summed E-state index contributed by atoms with van der Waals surface area (Å²) in [6.45, 7) is 3.45. The highest BCUT2D eigenvalue weighted by molar-refractivity contribution is 7.92. The lowest BCUT2D eigenvalue weighted by Crippen LogP contribution is -2.16. The normalized spacial score (nSPS) is 11.7. The number of aromatic amines is 1. The van der Waals surface area contributed by atoms with Gasteiger partial charge in [0.2, 0.25) is 5.78 Å². The van der Waals surface area contributed by atoms with Crippen LogP contribution < -0.4 is 4.72 Å². The highest BCUT2D eigenvalue weighted by Gasteiger charge is 2.26. The Kier molecular flexibility index (Phi) is 5.47. The van der Waals surface area contributed by atoms with E-state index in [0.29, 0.717) is 16.8 Å². The molecule has 0 aliphatic carbocycles. The Hall–Kier alpha value is -3.30. The topological polar surface area (TPSA) is 91.9 Å². The zero-order valence-corrected chi connectivity index (χ0v) is 18.4. The molecule has 0 unspecified atom stereocenters. The maximum Gasteiger partial charge on any atom is 0.262 e. The van der Waals surface area contributed by atoms with Gasteiger partial charge >= 0.3 is 0 Å². The number of hydrogen-bond acceptors (Lipinski definition) is 4. The second kappa shape index (κ2) is 7.99. The van der Waals surface area contributed by atoms with Gasteiger partial charge in [-0.25, -0.2) is 22.2 Å². The molecule has 0 bridgehead atoms. The van der Waals surface area contributed by atoms with E-state index in [-0.39, 0.29) is 20.9 Å². The summed E-state index contributed by atoms with van der Waals surface area (Å²) in [5.74, 6) is -3.44. The van der Waals surface area contributed by atoms with Gasteiger partial charge in [0.05, 0.1) is 21.2 Å². The van der Waals surface area contributed by atoms with Gasteiger partial charge in [0.1, 0.15) is 11.5 Å². The monoisotopic (exact) mass is 475 g/mol. The first-order valence-electron chi connectivity index (χ1n) is 9.33. The van der Waals surface area contributed by atoms with Crippen LogP contribution in [0.4, 0.5) is 14.5 Å². The number of sulfonamides is 1. The Morgan fingerprint density at radius 1 is 1.09 bits per heavy atom. The van der Waals surface area contributed by atoms with Crippen LogP contribution in [0.15, 0.2) is 53.7 Å². The SMILES string of the molecule is Cc1cc(C)cc(S(=O)(=O)Nc2ccc(F)c(C(=O)c3c[nH]c4ncc(Cl)cc34)c2F)c1. The predicted octanol–water partition coefficient (Wildman–Crippen LogP) is 5.14. The van der Waals surface area contributed by atoms with E-state index in [1.807, 2.05) is 0 Å². The van der Waals surface area contributed by atoms with E-state index in [9.17, 15) is 17.6 Å². The number of carbonyl (C=O) groups excluding carboxylic acids is 1. The highest BCUT2D eigenvalue weighted by atomic mass is 35.5. The number of nitrogens with one attached hydrogen (secondary N) is 2. The van der Waals surface area contributed by atoms with Crippen molar-refractivity contribution in [1.82, 2.24) is 9.97 Å². The number of hydrogen-bond donors (Lipinski definition) is 2. The number of carbonyl (C=O) groups is 1. The van der Waals surface area contributed by atoms with Gasteiger partial charge in [0, 0.05) is 23.3 Å². The summed E-state index contributed by atoms with van der Waals surface area (Å²) >= 11 is 5.93. The molecule has 0 atom stereocenters. The number of anilines is 1. The van der Waals surface area contributed by atoms with Crippen LogP contribution in [0.25, 0.3) is 11.0 Å². The summed E-state index contributed by atoms with van der Waals surface area (Å²) in [5, 5.41) is 0.518. The molecule has 0 radical (unpaired) electrons. The molecule has 0 fully saturated rings. The lowest BCUT2D eigenvalue weighted by molar-refractivity contribution is 0.103. The van der Waals surface area contributed by atoms with Gasteiger partial charge < -0.3 is 4.98 Å². The minimum absolute atomic E-state index is 0.0536. The van der Waals surface area contributed by atoms with Gasteiger partial charge in [-0.15, -0.1) is 0 Å². The smallest absolute Gasteiger partial charge is 0.262 e. The Labute approximate surface area is 187 Å². The average molecular weight is 476 g/mol. The number of nitrogens with zero attached hydrogens (tertiary/aromatic N) is 1. The summed E-state index contributed by atoms with van der Waals surface area (Å²) in [6.07, 6.45) is 2.62. The maximum atomic E-state index is 15.2. The van der Waals surface area contributed by atoms with E-state index in [1.54, 1.807) is 19.9 Å². The van der Waals surface area contributed by atoms with Crippen LogP contribution in [0.5, 0.6) is 0 Å². The number of fused-ring (bicyclic) bond motifs is 1. The summed E-state index contributed by atoms with van der Waals surface area (Å²) in [6, 6.07) is 7.83. The number of halogens is 3. The molecular weight excluding hydrogens is 460 g/mol. The number of pyridine rings is 1. The molecule has 4 aromatic rings. The van der Waals surface area contributed by atoms with Gasteiger partial charge in [-0.2, -0.15) is 0 Å². The molecule has 0 aliphatic heterocycles. The van der Waals surface area contributed by atoms with Crippen molar-refractivity contribution in [2.24, 2.45) is 0 Å². The van der Waals surface area contributed by atoms with Crippen LogP contribution in [0.3, 0.4) is 0 Å². The minimum atomic E-state index is -4.19. The van der Waals surface area contributed by atoms with E-state index in [4.69, 9.17) is 11.6 Å². The number of aryl methyl sites for hydroxylation is 2. The third kappa shape index (κ3) is 3.96. The van der Waals surface area contributed by atoms with Crippen molar-refractivity contribution in [2.45, 2.75) is 18.7 Å². The molecule has 32 heavy (non-hydrogen) atoms. The van der Waals surface area contributed by atoms with Gasteiger partial charge in [-0.1, -0.05) is 17.7 Å². The molecule has 2 aromatic carbocycles. The van der Waals surface area contributed by atoms with Crippen LogP contribution in [0.1, 0.15) is 27.0 Å². The fourth-order valence-corrected chi connectivity index (χ4v) is 4.84. The van der Waals surface area contributed by atoms with Crippen molar-refractivity contribution in [3.8, 4) is 0 Å². The van der Waals surface area contributed by atoms with Gasteiger partial charge in [0.15, 0.2) is 5.82 Å². The second-order valence-electron chi connectivity index (χ2n) is 7.29. The fourth-order valence-electron chi connectivity index (χ4n) is 3.43. The van der Waals surface area contributed by atoms with Crippen LogP contribution in [0, 0.1) is 25.5 Å². The molecule has 4 rings (SSSR count). The Morgan fingerprint density at radius 2 is 1.78 bits per heavy atom. The Balaban J connectivity index is 1.77. The van der Waals surface area contributed by atoms with E-state index < -0.39 is 38.7 Å². The first kappa shape index (κ1) is 21.9. The molecule has 2 aromatic heterocycles. The van der Waals surface area contributed by atoms with Crippen molar-refractivity contribution < 1.29 is 22.0 Å². The molecule has 164 valence electrons. The first-order chi connectivity index (χ1) is 15.1. The Morgan fingerprint density at radius 3 is 2.47 bits per heavy atom. The summed E-state index contributed by atoms with van der Waals surface area (Å²) in [5.41, 5.74) is 0.212. The minimum Gasteiger partial charge on any atom is -0.345 e. The molecule has 2 heterocycles. The van der Waals surface area contributed by atoms with E-state index >= 15 is 4.39 Å². The number of rotatable bonds is 5. The number of aromatic nitrogens is 2. The number of ketones is 1. The van der Waals surface area contributed by atoms with Crippen molar-refractivity contribution >= 4 is 44.1 Å². The molecule has 2 N–H and O–H groups in total. The molecule has 0 amide bonds. The largest absolute Gasteiger partial charge is 0.345 e. The molecule has 0 saturated heterocycles. The lowest BCUT2D eigenvalue weighted by Gasteiger charge is -2.13. The maximum absolute atomic E-state index is 15.2. The zero-order chi connectivity index (χ0) is 23.2. The highest BCUT2D eigenvalue weighted by Crippen LogP contribution is 2.29. The van der Waals surface area contributed by atoms with Gasteiger partial charge in [0.25, 0.3) is 10.0 Å². The quantitative estimate of drug-likeness (QED) is 0.391. The van der Waals surface area contributed by atoms with Crippen molar-refractivity contribution in [3.63, 3.8) is 0 Å². The predicted molar refractivity (Wildman–Crippen MR) is 118 cm³/mol. The molecular formula is C22H16ClF2N3O3S. The third-order valence-electron chi connectivity index (χ3n) is 4.81. The summed E-state index contributed by atoms with van der Waals surface area (Å²) in [7, 11) is -4.19. The Bertz CT molecular complexity index is 1480. The van der Waals surface area contributed by atoms with Crippen LogP contribution in [0.2, 0.25) is 5.02 Å². The standard InChI is InChI=1S/C22H16ClF2N3O3S/c1-11-5-12(2)7-14(6-11)32(30,31)28-18-4-3-17(24)19(20(18)25)21(29)16-10-27-22-15(16)8-13(23)9-26-22/h3-10,28H,1-2H3,(H,26,27). The number of H-pyrrole nitrogens is 1. The van der Waals surface area contributed by atoms with Gasteiger partial charge in [-0.05, 0) is 55.3 Å². The lowest BCUT2D eigenvalue weighted by atomic mass is 10.0. The fraction of sp³-hybridized carbons (Fsp3) is 0.0909. The average Bonchev–Trinajstić information content (AvgIpc) is 3.12. The second-order valence-corrected chi connectivity index (χ2v) is 9.41. The van der Waals surface area contributed by atoms with Gasteiger partial charge in [-0.3, -0.25) is 9.52 Å². The van der Waals surface area contributed by atoms with E-state index in [0.717, 1.165) is 12.1 Å². The molecule has 6 nitrogen and oxygen atoms in total. The molecule has 10 heteroatoms. The van der Waals surface area contributed by atoms with Crippen LogP contribution in [-0.4, -0.2) is 24.2 Å². The zero-order valence-electron chi connectivity index (χ0n) is 16.8. The van der Waals surface area contributed by atoms with Crippen molar-refractivity contribution in [3.05, 3.63) is 87.7 Å². The third-order valence-corrected chi connectivity index (χ3v) is 6.36. The summed E-state index contributed by atoms with van der Waals surface area (Å²) in [4.78, 5) is 19.7. The first-order valence-corrected chi connectivity index (χ1v) is 11.2. The number of benzene rings is 2. The van der Waals surface area contributed by atoms with E-state index in [1.165, 1.54) is 30.6 Å². The van der Waals surface area contributed by atoms with Crippen LogP contribution >= 0.6 is 11.6 Å². The van der Waals surface area contributed by atoms with Crippen molar-refractivity contribution in [1.29, 1.82) is 0 Å². The molecule has 0 saturated carbocycles.